The molecule has 0 spiro atoms. The van der Waals surface area contributed by atoms with Crippen molar-refractivity contribution in [1.82, 2.24) is 4.90 Å². The monoisotopic (exact) mass is 293 g/mol. The molecule has 1 fully saturated rings. The summed E-state index contributed by atoms with van der Waals surface area (Å²) in [6, 6.07) is 4.05. The molecule has 21 heavy (non-hydrogen) atoms. The normalized spacial score (nSPS) is 18.4. The number of amides is 1. The highest BCUT2D eigenvalue weighted by Crippen LogP contribution is 2.24. The second-order valence-electron chi connectivity index (χ2n) is 5.40. The van der Waals surface area contributed by atoms with Crippen molar-refractivity contribution in [1.29, 1.82) is 0 Å². The molecule has 5 heteroatoms. The standard InChI is InChI=1S/C16H20FNO3/c1-11(19)9-13-5-3-4-8-18(13)16(20)12-6-7-14(17)15(10-12)21-2/h6-7,10,13H,3-5,8-9H2,1-2H3. The SMILES string of the molecule is COc1cc(C(=O)N2CCCCC2CC(C)=O)ccc1F. The van der Waals surface area contributed by atoms with Crippen LogP contribution in [-0.2, 0) is 4.79 Å². The topological polar surface area (TPSA) is 46.6 Å². The lowest BCUT2D eigenvalue weighted by molar-refractivity contribution is -0.118. The van der Waals surface area contributed by atoms with Gasteiger partial charge in [0.05, 0.1) is 7.11 Å². The van der Waals surface area contributed by atoms with Gasteiger partial charge in [-0.25, -0.2) is 4.39 Å². The second-order valence-corrected chi connectivity index (χ2v) is 5.40. The van der Waals surface area contributed by atoms with Gasteiger partial charge in [-0.3, -0.25) is 9.59 Å². The molecule has 0 radical (unpaired) electrons. The van der Waals surface area contributed by atoms with Crippen molar-refractivity contribution < 1.29 is 18.7 Å². The van der Waals surface area contributed by atoms with Gasteiger partial charge in [-0.1, -0.05) is 0 Å². The molecule has 1 aliphatic rings. The molecule has 0 aromatic heterocycles. The first-order valence-electron chi connectivity index (χ1n) is 7.17. The Labute approximate surface area is 123 Å². The average molecular weight is 293 g/mol. The highest BCUT2D eigenvalue weighted by Gasteiger charge is 2.28. The molecule has 1 saturated heterocycles. The van der Waals surface area contributed by atoms with Crippen molar-refractivity contribution in [3.8, 4) is 5.75 Å². The summed E-state index contributed by atoms with van der Waals surface area (Å²) >= 11 is 0. The van der Waals surface area contributed by atoms with Crippen LogP contribution in [0.15, 0.2) is 18.2 Å². The maximum atomic E-state index is 13.4. The Kier molecular flexibility index (Phi) is 4.94. The number of carbonyl (C=O) groups excluding carboxylic acids is 2. The number of piperidine rings is 1. The quantitative estimate of drug-likeness (QED) is 0.857. The number of nitrogens with zero attached hydrogens (tertiary/aromatic N) is 1. The predicted octanol–water partition coefficient (Wildman–Crippen LogP) is 2.81. The lowest BCUT2D eigenvalue weighted by Gasteiger charge is -2.35. The fourth-order valence-electron chi connectivity index (χ4n) is 2.77. The highest BCUT2D eigenvalue weighted by molar-refractivity contribution is 5.95. The molecule has 1 unspecified atom stereocenters. The number of ketones is 1. The summed E-state index contributed by atoms with van der Waals surface area (Å²) in [6.07, 6.45) is 3.17. The fourth-order valence-corrected chi connectivity index (χ4v) is 2.77. The van der Waals surface area contributed by atoms with Crippen LogP contribution < -0.4 is 4.74 Å². The second kappa shape index (κ2) is 6.70. The summed E-state index contributed by atoms with van der Waals surface area (Å²) in [6.45, 7) is 2.18. The van der Waals surface area contributed by atoms with E-state index in [4.69, 9.17) is 4.74 Å². The number of Topliss-reactive ketones (excluding diaryl/α,β-unsaturated/α-hetero) is 1. The minimum atomic E-state index is -0.493. The van der Waals surface area contributed by atoms with Crippen LogP contribution in [0.3, 0.4) is 0 Å². The number of ether oxygens (including phenoxy) is 1. The van der Waals surface area contributed by atoms with Crippen LogP contribution in [0.1, 0.15) is 43.0 Å². The van der Waals surface area contributed by atoms with Crippen LogP contribution in [-0.4, -0.2) is 36.3 Å². The number of methoxy groups -OCH3 is 1. The van der Waals surface area contributed by atoms with Gasteiger partial charge in [-0.05, 0) is 44.4 Å². The van der Waals surface area contributed by atoms with Crippen molar-refractivity contribution in [3.05, 3.63) is 29.6 Å². The van der Waals surface area contributed by atoms with Gasteiger partial charge in [0.25, 0.3) is 5.91 Å². The van der Waals surface area contributed by atoms with Crippen LogP contribution in [0, 0.1) is 5.82 Å². The Balaban J connectivity index is 2.22. The molecule has 1 heterocycles. The van der Waals surface area contributed by atoms with Crippen LogP contribution in [0.4, 0.5) is 4.39 Å². The Hall–Kier alpha value is -1.91. The van der Waals surface area contributed by atoms with Crippen LogP contribution >= 0.6 is 0 Å². The van der Waals surface area contributed by atoms with E-state index < -0.39 is 5.82 Å². The van der Waals surface area contributed by atoms with Gasteiger partial charge in [0.1, 0.15) is 5.78 Å². The number of hydrogen-bond acceptors (Lipinski definition) is 3. The van der Waals surface area contributed by atoms with E-state index in [2.05, 4.69) is 0 Å². The van der Waals surface area contributed by atoms with E-state index in [1.165, 1.54) is 32.2 Å². The van der Waals surface area contributed by atoms with Crippen molar-refractivity contribution in [2.75, 3.05) is 13.7 Å². The summed E-state index contributed by atoms with van der Waals surface area (Å²) in [5.41, 5.74) is 0.392. The molecule has 1 atom stereocenters. The van der Waals surface area contributed by atoms with E-state index in [1.54, 1.807) is 4.90 Å². The molecule has 0 aliphatic carbocycles. The minimum Gasteiger partial charge on any atom is -0.494 e. The number of hydrogen-bond donors (Lipinski definition) is 0. The Bertz CT molecular complexity index is 544. The van der Waals surface area contributed by atoms with Crippen molar-refractivity contribution in [2.45, 2.75) is 38.6 Å². The molecule has 1 aromatic carbocycles. The van der Waals surface area contributed by atoms with E-state index in [-0.39, 0.29) is 23.5 Å². The van der Waals surface area contributed by atoms with Crippen LogP contribution in [0.25, 0.3) is 0 Å². The van der Waals surface area contributed by atoms with Gasteiger partial charge < -0.3 is 9.64 Å². The third-order valence-electron chi connectivity index (χ3n) is 3.81. The van der Waals surface area contributed by atoms with E-state index in [0.29, 0.717) is 18.5 Å². The van der Waals surface area contributed by atoms with Gasteiger partial charge in [0.15, 0.2) is 11.6 Å². The molecule has 0 saturated carbocycles. The summed E-state index contributed by atoms with van der Waals surface area (Å²) in [5, 5.41) is 0. The molecular weight excluding hydrogens is 273 g/mol. The third-order valence-corrected chi connectivity index (χ3v) is 3.81. The van der Waals surface area contributed by atoms with E-state index in [0.717, 1.165) is 19.3 Å². The van der Waals surface area contributed by atoms with Crippen molar-refractivity contribution in [2.24, 2.45) is 0 Å². The van der Waals surface area contributed by atoms with Gasteiger partial charge in [-0.2, -0.15) is 0 Å². The maximum Gasteiger partial charge on any atom is 0.254 e. The number of halogens is 1. The molecule has 1 amide bonds. The van der Waals surface area contributed by atoms with Crippen LogP contribution in [0.5, 0.6) is 5.75 Å². The lowest BCUT2D eigenvalue weighted by Crippen LogP contribution is -2.44. The smallest absolute Gasteiger partial charge is 0.254 e. The molecular formula is C16H20FNO3. The number of carbonyl (C=O) groups is 2. The first-order valence-corrected chi connectivity index (χ1v) is 7.17. The molecule has 1 aliphatic heterocycles. The van der Waals surface area contributed by atoms with E-state index in [9.17, 15) is 14.0 Å². The largest absolute Gasteiger partial charge is 0.494 e. The number of rotatable bonds is 4. The molecule has 1 aromatic rings. The molecule has 4 nitrogen and oxygen atoms in total. The van der Waals surface area contributed by atoms with E-state index >= 15 is 0 Å². The molecule has 0 N–H and O–H groups in total. The van der Waals surface area contributed by atoms with Gasteiger partial charge in [-0.15, -0.1) is 0 Å². The first-order chi connectivity index (χ1) is 10.0. The summed E-state index contributed by atoms with van der Waals surface area (Å²) in [7, 11) is 1.37. The zero-order valence-electron chi connectivity index (χ0n) is 12.4. The van der Waals surface area contributed by atoms with Crippen LogP contribution in [0.2, 0.25) is 0 Å². The van der Waals surface area contributed by atoms with E-state index in [1.807, 2.05) is 0 Å². The summed E-state index contributed by atoms with van der Waals surface area (Å²) < 4.78 is 18.3. The van der Waals surface area contributed by atoms with Crippen molar-refractivity contribution in [3.63, 3.8) is 0 Å². The van der Waals surface area contributed by atoms with Gasteiger partial charge in [0, 0.05) is 24.6 Å². The van der Waals surface area contributed by atoms with Gasteiger partial charge >= 0.3 is 0 Å². The Morgan fingerprint density at radius 3 is 2.81 bits per heavy atom. The highest BCUT2D eigenvalue weighted by atomic mass is 19.1. The maximum absolute atomic E-state index is 13.4. The summed E-state index contributed by atoms with van der Waals surface area (Å²) in [5.74, 6) is -0.524. The fraction of sp³-hybridized carbons (Fsp3) is 0.500. The average Bonchev–Trinajstić information content (AvgIpc) is 2.47. The molecule has 114 valence electrons. The van der Waals surface area contributed by atoms with Crippen molar-refractivity contribution >= 4 is 11.7 Å². The Morgan fingerprint density at radius 2 is 2.14 bits per heavy atom. The number of benzene rings is 1. The molecule has 2 rings (SSSR count). The van der Waals surface area contributed by atoms with Gasteiger partial charge in [0.2, 0.25) is 0 Å². The lowest BCUT2D eigenvalue weighted by atomic mass is 9.96. The minimum absolute atomic E-state index is 0.0557. The first kappa shape index (κ1) is 15.5. The Morgan fingerprint density at radius 1 is 1.38 bits per heavy atom. The zero-order chi connectivity index (χ0) is 15.4. The number of likely N-dealkylation sites (tertiary alicyclic amines) is 1. The predicted molar refractivity (Wildman–Crippen MR) is 76.9 cm³/mol. The zero-order valence-corrected chi connectivity index (χ0v) is 12.4. The molecule has 0 bridgehead atoms. The summed E-state index contributed by atoms with van der Waals surface area (Å²) in [4.78, 5) is 25.7. The third kappa shape index (κ3) is 3.60.